The second-order valence-corrected chi connectivity index (χ2v) is 19.3. The molecule has 0 aromatic heterocycles. The minimum absolute atomic E-state index is 0. The SMILES string of the molecule is CB(O)N1C[Si](C)(C)C[C@H]1C(=O)O.COC(=O)[C@@H]1C[Si](C)(C)CN1B(C)O.[Li+].[OH-]. The molecule has 0 spiro atoms. The van der Waals surface area contributed by atoms with E-state index in [2.05, 4.69) is 26.2 Å². The Labute approximate surface area is 188 Å². The average Bonchev–Trinajstić information content (AvgIpc) is 3.03. The number of carbonyl (C=O) groups is 2. The minimum atomic E-state index is -1.41. The molecular formula is C15H35B2LiN2O7Si2. The van der Waals surface area contributed by atoms with Gasteiger partial charge in [0.05, 0.1) is 35.3 Å². The smallest absolute Gasteiger partial charge is 0.870 e. The van der Waals surface area contributed by atoms with Crippen molar-refractivity contribution in [3.63, 3.8) is 0 Å². The van der Waals surface area contributed by atoms with Gasteiger partial charge in [-0.25, -0.2) is 0 Å². The largest absolute Gasteiger partial charge is 1.00 e. The molecule has 0 aromatic carbocycles. The number of hydrogen-bond donors (Lipinski definition) is 3. The molecule has 9 nitrogen and oxygen atoms in total. The number of hydrogen-bond acceptors (Lipinski definition) is 8. The van der Waals surface area contributed by atoms with E-state index in [4.69, 9.17) is 9.84 Å². The van der Waals surface area contributed by atoms with Gasteiger partial charge in [0.1, 0.15) is 0 Å². The van der Waals surface area contributed by atoms with E-state index in [0.29, 0.717) is 0 Å². The number of carboxylic acid groups (broad SMARTS) is 1. The number of carboxylic acids is 1. The number of esters is 1. The van der Waals surface area contributed by atoms with Gasteiger partial charge in [-0.2, -0.15) is 0 Å². The molecule has 2 saturated heterocycles. The van der Waals surface area contributed by atoms with E-state index in [0.717, 1.165) is 24.4 Å². The van der Waals surface area contributed by atoms with Crippen LogP contribution in [-0.4, -0.2) is 104 Å². The van der Waals surface area contributed by atoms with Crippen molar-refractivity contribution in [3.8, 4) is 0 Å². The first-order valence-corrected chi connectivity index (χ1v) is 16.2. The molecule has 29 heavy (non-hydrogen) atoms. The number of carbonyl (C=O) groups excluding carboxylic acids is 1. The summed E-state index contributed by atoms with van der Waals surface area (Å²) in [6, 6.07) is 0.918. The molecule has 2 fully saturated rings. The van der Waals surface area contributed by atoms with Crippen molar-refractivity contribution in [3.05, 3.63) is 0 Å². The summed E-state index contributed by atoms with van der Waals surface area (Å²) in [4.78, 5) is 25.9. The van der Waals surface area contributed by atoms with Crippen LogP contribution in [0.5, 0.6) is 0 Å². The van der Waals surface area contributed by atoms with Crippen LogP contribution >= 0.6 is 0 Å². The van der Waals surface area contributed by atoms with Crippen LogP contribution in [0.15, 0.2) is 0 Å². The van der Waals surface area contributed by atoms with E-state index in [1.165, 1.54) is 7.11 Å². The fraction of sp³-hybridized carbons (Fsp3) is 0.867. The van der Waals surface area contributed by atoms with E-state index < -0.39 is 42.3 Å². The monoisotopic (exact) mass is 440 g/mol. The van der Waals surface area contributed by atoms with E-state index >= 15 is 0 Å². The van der Waals surface area contributed by atoms with Gasteiger partial charge in [-0.1, -0.05) is 26.2 Å². The molecule has 2 rings (SSSR count). The van der Waals surface area contributed by atoms with Gasteiger partial charge in [-0.3, -0.25) is 9.59 Å². The molecular weight excluding hydrogens is 405 g/mol. The van der Waals surface area contributed by atoms with Gasteiger partial charge in [-0.05, 0) is 38.1 Å². The predicted octanol–water partition coefficient (Wildman–Crippen LogP) is -2.86. The van der Waals surface area contributed by atoms with Gasteiger partial charge < -0.3 is 35.0 Å². The number of rotatable bonds is 4. The molecule has 0 saturated carbocycles. The summed E-state index contributed by atoms with van der Waals surface area (Å²) in [6.07, 6.45) is 1.64. The van der Waals surface area contributed by atoms with E-state index in [-0.39, 0.29) is 36.3 Å². The summed E-state index contributed by atoms with van der Waals surface area (Å²) in [7, 11) is -2.56. The van der Waals surface area contributed by atoms with Crippen LogP contribution in [0.25, 0.3) is 0 Å². The van der Waals surface area contributed by atoms with Crippen molar-refractivity contribution in [2.45, 2.75) is 64.0 Å². The first kappa shape index (κ1) is 31.1. The first-order chi connectivity index (χ1) is 12.2. The third kappa shape index (κ3) is 8.88. The summed E-state index contributed by atoms with van der Waals surface area (Å²) in [5.74, 6) is -1.03. The van der Waals surface area contributed by atoms with Gasteiger partial charge in [0.15, 0.2) is 0 Å². The molecule has 14 heteroatoms. The summed E-state index contributed by atoms with van der Waals surface area (Å²) in [5.41, 5.74) is 0. The summed E-state index contributed by atoms with van der Waals surface area (Å²) < 4.78 is 4.74. The second-order valence-electron chi connectivity index (χ2n) is 9.24. The number of methoxy groups -OCH3 is 1. The van der Waals surface area contributed by atoms with Crippen molar-refractivity contribution in [2.24, 2.45) is 0 Å². The molecule has 0 radical (unpaired) electrons. The standard InChI is InChI=1S/C8H18BNO3Si.C7H16BNO3Si.Li.H2O/c1-9(12)10-6-14(3,4)5-7(10)8(11)13-2;1-8(12)9-5-13(2,3)4-6(9)7(10)11;;/h7,12H,5-6H2,1-4H3;6,12H,4-5H2,1-3H3,(H,10,11);;1H2/q;;+1;/p-1/t7-;6-;;/m00../s1. The molecule has 4 N–H and O–H groups in total. The maximum absolute atomic E-state index is 11.5. The summed E-state index contributed by atoms with van der Waals surface area (Å²) in [6.45, 7) is 12.1. The zero-order valence-corrected chi connectivity index (χ0v) is 21.0. The molecule has 0 bridgehead atoms. The van der Waals surface area contributed by atoms with Crippen LogP contribution < -0.4 is 18.9 Å². The second kappa shape index (κ2) is 12.1. The maximum Gasteiger partial charge on any atom is 1.00 e. The third-order valence-corrected chi connectivity index (χ3v) is 10.7. The Hall–Kier alpha value is -0.0990. The van der Waals surface area contributed by atoms with Crippen LogP contribution in [0.2, 0.25) is 51.9 Å². The van der Waals surface area contributed by atoms with Crippen molar-refractivity contribution < 1.29 is 53.8 Å². The topological polar surface area (TPSA) is 141 Å². The van der Waals surface area contributed by atoms with Gasteiger partial charge in [0.25, 0.3) is 0 Å². The number of aliphatic carboxylic acids is 1. The van der Waals surface area contributed by atoms with Crippen molar-refractivity contribution in [1.82, 2.24) is 9.62 Å². The zero-order valence-electron chi connectivity index (χ0n) is 19.0. The van der Waals surface area contributed by atoms with Crippen LogP contribution in [0.3, 0.4) is 0 Å². The molecule has 0 aliphatic carbocycles. The molecule has 2 atom stereocenters. The van der Waals surface area contributed by atoms with Crippen molar-refractivity contribution in [2.75, 3.05) is 19.4 Å². The van der Waals surface area contributed by atoms with E-state index in [1.807, 2.05) is 4.81 Å². The Morgan fingerprint density at radius 1 is 0.931 bits per heavy atom. The van der Waals surface area contributed by atoms with E-state index in [9.17, 15) is 19.6 Å². The van der Waals surface area contributed by atoms with Gasteiger partial charge in [0.2, 0.25) is 0 Å². The molecule has 2 aliphatic rings. The Balaban J connectivity index is 0. The van der Waals surface area contributed by atoms with Gasteiger partial charge in [-0.15, -0.1) is 0 Å². The van der Waals surface area contributed by atoms with Crippen LogP contribution in [0.1, 0.15) is 0 Å². The van der Waals surface area contributed by atoms with Gasteiger partial charge >= 0.3 is 44.9 Å². The van der Waals surface area contributed by atoms with Crippen molar-refractivity contribution in [1.29, 1.82) is 0 Å². The molecule has 0 unspecified atom stereocenters. The summed E-state index contributed by atoms with van der Waals surface area (Å²) >= 11 is 0. The van der Waals surface area contributed by atoms with Crippen LogP contribution in [0.4, 0.5) is 0 Å². The normalized spacial score (nSPS) is 25.0. The Morgan fingerprint density at radius 3 is 1.55 bits per heavy atom. The molecule has 0 amide bonds. The maximum atomic E-state index is 11.5. The van der Waals surface area contributed by atoms with Crippen LogP contribution in [0, 0.1) is 0 Å². The van der Waals surface area contributed by atoms with Crippen LogP contribution in [-0.2, 0) is 14.3 Å². The quantitative estimate of drug-likeness (QED) is 0.311. The van der Waals surface area contributed by atoms with Crippen molar-refractivity contribution >= 4 is 42.2 Å². The molecule has 2 aliphatic heterocycles. The summed E-state index contributed by atoms with van der Waals surface area (Å²) in [5, 5.41) is 27.9. The Morgan fingerprint density at radius 2 is 1.28 bits per heavy atom. The fourth-order valence-electron chi connectivity index (χ4n) is 3.99. The number of ether oxygens (including phenoxy) is 1. The predicted molar refractivity (Wildman–Crippen MR) is 115 cm³/mol. The zero-order chi connectivity index (χ0) is 21.2. The number of nitrogens with zero attached hydrogens (tertiary/aromatic N) is 2. The molecule has 2 heterocycles. The molecule has 162 valence electrons. The third-order valence-electron chi connectivity index (χ3n) is 5.23. The first-order valence-electron chi connectivity index (χ1n) is 9.39. The van der Waals surface area contributed by atoms with Gasteiger partial charge in [0, 0.05) is 0 Å². The fourth-order valence-corrected chi connectivity index (χ4v) is 10.1. The minimum Gasteiger partial charge on any atom is -0.870 e. The Kier molecular flexibility index (Phi) is 12.9. The average molecular weight is 440 g/mol. The molecule has 0 aromatic rings. The van der Waals surface area contributed by atoms with E-state index in [1.54, 1.807) is 18.5 Å². The Bertz CT molecular complexity index is 559.